The monoisotopic (exact) mass is 568 g/mol. The van der Waals surface area contributed by atoms with Gasteiger partial charge in [0.15, 0.2) is 5.13 Å². The maximum atomic E-state index is 14.6. The van der Waals surface area contributed by atoms with Gasteiger partial charge in [0.25, 0.3) is 5.91 Å². The topological polar surface area (TPSA) is 88.5 Å². The molecule has 1 aromatic heterocycles. The Labute approximate surface area is 237 Å². The van der Waals surface area contributed by atoms with Gasteiger partial charge in [-0.15, -0.1) is 11.3 Å². The smallest absolute Gasteiger partial charge is 0.331 e. The van der Waals surface area contributed by atoms with E-state index in [0.29, 0.717) is 11.7 Å². The number of hydrogen-bond acceptors (Lipinski definition) is 5. The molecular weight excluding hydrogens is 534 g/mol. The number of amides is 1. The summed E-state index contributed by atoms with van der Waals surface area (Å²) in [6.07, 6.45) is 4.50. The van der Waals surface area contributed by atoms with Crippen LogP contribution in [0.15, 0.2) is 35.9 Å². The predicted molar refractivity (Wildman–Crippen MR) is 154 cm³/mol. The van der Waals surface area contributed by atoms with Gasteiger partial charge in [0.1, 0.15) is 11.6 Å². The lowest BCUT2D eigenvalue weighted by Gasteiger charge is -2.31. The largest absolute Gasteiger partial charge is 0.478 e. The van der Waals surface area contributed by atoms with Crippen molar-refractivity contribution in [3.63, 3.8) is 0 Å². The van der Waals surface area contributed by atoms with Crippen molar-refractivity contribution in [2.24, 2.45) is 5.41 Å². The maximum Gasteiger partial charge on any atom is 0.331 e. The van der Waals surface area contributed by atoms with Crippen LogP contribution < -0.4 is 5.32 Å². The molecule has 0 bridgehead atoms. The number of fused-ring (bicyclic) bond motifs is 3. The van der Waals surface area contributed by atoms with Gasteiger partial charge in [0.2, 0.25) is 0 Å². The quantitative estimate of drug-likeness (QED) is 0.264. The highest BCUT2D eigenvalue weighted by Gasteiger charge is 2.27. The molecule has 212 valence electrons. The van der Waals surface area contributed by atoms with Crippen molar-refractivity contribution >= 4 is 34.4 Å². The zero-order chi connectivity index (χ0) is 29.2. The Morgan fingerprint density at radius 3 is 2.52 bits per heavy atom. The minimum absolute atomic E-state index is 0.0420. The second-order valence-corrected chi connectivity index (χ2v) is 12.1. The summed E-state index contributed by atoms with van der Waals surface area (Å²) in [5.74, 6) is -4.04. The summed E-state index contributed by atoms with van der Waals surface area (Å²) >= 11 is 1.35. The second-order valence-electron chi connectivity index (χ2n) is 11.0. The first kappa shape index (κ1) is 29.6. The van der Waals surface area contributed by atoms with Crippen LogP contribution in [-0.4, -0.2) is 34.7 Å². The van der Waals surface area contributed by atoms with Crippen LogP contribution in [0.3, 0.4) is 0 Å². The predicted octanol–water partition coefficient (Wildman–Crippen LogP) is 7.31. The number of benzene rings is 2. The van der Waals surface area contributed by atoms with Crippen LogP contribution in [0, 0.1) is 17.0 Å². The average Bonchev–Trinajstić information content (AvgIpc) is 3.30. The third kappa shape index (κ3) is 6.47. The number of carboxylic acids is 1. The van der Waals surface area contributed by atoms with Crippen LogP contribution >= 0.6 is 11.3 Å². The number of ether oxygens (including phenoxy) is 1. The number of rotatable bonds is 9. The fourth-order valence-corrected chi connectivity index (χ4v) is 5.93. The van der Waals surface area contributed by atoms with Crippen LogP contribution in [0.1, 0.15) is 73.0 Å². The number of carboxylic acid groups (broad SMARTS) is 1. The summed E-state index contributed by atoms with van der Waals surface area (Å²) in [5.41, 5.74) is 3.47. The van der Waals surface area contributed by atoms with Crippen molar-refractivity contribution in [1.82, 2.24) is 4.98 Å². The fourth-order valence-electron chi connectivity index (χ4n) is 4.96. The number of aryl methyl sites for hydroxylation is 2. The molecule has 1 unspecified atom stereocenters. The van der Waals surface area contributed by atoms with E-state index in [2.05, 4.69) is 37.1 Å². The number of hydrogen-bond donors (Lipinski definition) is 2. The van der Waals surface area contributed by atoms with Gasteiger partial charge in [-0.25, -0.2) is 18.6 Å². The number of thiazole rings is 1. The zero-order valence-corrected chi connectivity index (χ0v) is 24.2. The first-order valence-corrected chi connectivity index (χ1v) is 14.1. The van der Waals surface area contributed by atoms with E-state index in [1.165, 1.54) is 29.4 Å². The number of carbonyl (C=O) groups is 2. The molecule has 1 atom stereocenters. The van der Waals surface area contributed by atoms with Crippen LogP contribution in [-0.2, 0) is 28.8 Å². The minimum Gasteiger partial charge on any atom is -0.478 e. The van der Waals surface area contributed by atoms with Crippen molar-refractivity contribution in [1.29, 1.82) is 0 Å². The lowest BCUT2D eigenvalue weighted by Crippen LogP contribution is -2.30. The molecule has 2 aromatic carbocycles. The number of aliphatic carboxylic acids is 1. The van der Waals surface area contributed by atoms with Crippen molar-refractivity contribution in [2.45, 2.75) is 66.4 Å². The van der Waals surface area contributed by atoms with Gasteiger partial charge in [0, 0.05) is 33.7 Å². The summed E-state index contributed by atoms with van der Waals surface area (Å²) in [7, 11) is 0. The van der Waals surface area contributed by atoms with E-state index in [-0.39, 0.29) is 22.7 Å². The van der Waals surface area contributed by atoms with Gasteiger partial charge < -0.3 is 9.84 Å². The van der Waals surface area contributed by atoms with Gasteiger partial charge in [0.05, 0.1) is 11.8 Å². The van der Waals surface area contributed by atoms with Crippen LogP contribution in [0.2, 0.25) is 0 Å². The Morgan fingerprint density at radius 1 is 1.20 bits per heavy atom. The van der Waals surface area contributed by atoms with E-state index in [0.717, 1.165) is 60.0 Å². The van der Waals surface area contributed by atoms with Gasteiger partial charge in [-0.1, -0.05) is 39.0 Å². The molecule has 0 aliphatic heterocycles. The second kappa shape index (κ2) is 12.0. The number of halogens is 2. The molecule has 0 saturated carbocycles. The standard InChI is InChI=1S/C31H34F2N2O4S/c1-6-39-26(31(3,4)5)13-10-18-8-7-9-21-20(18)11-12-25-27(21)34-30(40-25)35-28(36)19-15-23(32)22(24(33)16-19)14-17(2)29(37)38/h7-9,14-16,26H,6,10-13H2,1-5H3,(H,37,38)(H,34,35,36). The molecular formula is C31H34F2N2O4S. The molecule has 1 aliphatic rings. The molecule has 0 saturated heterocycles. The Bertz CT molecular complexity index is 1450. The Kier molecular flexibility index (Phi) is 8.85. The first-order valence-electron chi connectivity index (χ1n) is 13.3. The molecule has 2 N–H and O–H groups in total. The number of carbonyl (C=O) groups excluding carboxylic acids is 1. The summed E-state index contributed by atoms with van der Waals surface area (Å²) in [6.45, 7) is 10.5. The van der Waals surface area contributed by atoms with Crippen molar-refractivity contribution in [2.75, 3.05) is 11.9 Å². The SMILES string of the molecule is CCOC(CCc1cccc2c1CCc1sc(NC(=O)c3cc(F)c(C=C(C)C(=O)O)c(F)c3)nc1-2)C(C)(C)C. The van der Waals surface area contributed by atoms with E-state index < -0.39 is 29.1 Å². The number of aromatic nitrogens is 1. The Balaban J connectivity index is 1.54. The van der Waals surface area contributed by atoms with E-state index in [4.69, 9.17) is 9.84 Å². The summed E-state index contributed by atoms with van der Waals surface area (Å²) < 4.78 is 35.2. The van der Waals surface area contributed by atoms with Crippen LogP contribution in [0.4, 0.5) is 13.9 Å². The molecule has 6 nitrogen and oxygen atoms in total. The van der Waals surface area contributed by atoms with Gasteiger partial charge in [-0.05, 0) is 74.3 Å². The molecule has 1 amide bonds. The highest BCUT2D eigenvalue weighted by molar-refractivity contribution is 7.16. The highest BCUT2D eigenvalue weighted by atomic mass is 32.1. The van der Waals surface area contributed by atoms with E-state index in [1.807, 2.05) is 19.1 Å². The lowest BCUT2D eigenvalue weighted by atomic mass is 9.83. The molecule has 9 heteroatoms. The number of anilines is 1. The summed E-state index contributed by atoms with van der Waals surface area (Å²) in [4.78, 5) is 29.6. The molecule has 1 heterocycles. The molecule has 0 fully saturated rings. The van der Waals surface area contributed by atoms with Gasteiger partial charge in [-0.2, -0.15) is 0 Å². The van der Waals surface area contributed by atoms with Crippen LogP contribution in [0.5, 0.6) is 0 Å². The zero-order valence-electron chi connectivity index (χ0n) is 23.4. The number of nitrogens with one attached hydrogen (secondary N) is 1. The molecule has 0 spiro atoms. The normalized spacial score (nSPS) is 13.9. The van der Waals surface area contributed by atoms with E-state index in [1.54, 1.807) is 0 Å². The molecule has 0 radical (unpaired) electrons. The molecule has 40 heavy (non-hydrogen) atoms. The molecule has 1 aliphatic carbocycles. The van der Waals surface area contributed by atoms with E-state index in [9.17, 15) is 18.4 Å². The van der Waals surface area contributed by atoms with Crippen molar-refractivity contribution < 1.29 is 28.2 Å². The van der Waals surface area contributed by atoms with E-state index >= 15 is 0 Å². The molecule has 4 rings (SSSR count). The minimum atomic E-state index is -1.29. The van der Waals surface area contributed by atoms with Crippen molar-refractivity contribution in [3.8, 4) is 11.3 Å². The Morgan fingerprint density at radius 2 is 1.90 bits per heavy atom. The van der Waals surface area contributed by atoms with Crippen LogP contribution in [0.25, 0.3) is 17.3 Å². The van der Waals surface area contributed by atoms with Gasteiger partial charge >= 0.3 is 5.97 Å². The summed E-state index contributed by atoms with van der Waals surface area (Å²) in [6, 6.07) is 8.01. The first-order chi connectivity index (χ1) is 18.9. The lowest BCUT2D eigenvalue weighted by molar-refractivity contribution is -0.132. The maximum absolute atomic E-state index is 14.6. The van der Waals surface area contributed by atoms with Gasteiger partial charge in [-0.3, -0.25) is 10.1 Å². The number of nitrogens with zero attached hydrogens (tertiary/aromatic N) is 1. The highest BCUT2D eigenvalue weighted by Crippen LogP contribution is 2.40. The fraction of sp³-hybridized carbons (Fsp3) is 0.387. The van der Waals surface area contributed by atoms with Crippen molar-refractivity contribution in [3.05, 3.63) is 74.7 Å². The Hall–Kier alpha value is -3.43. The third-order valence-electron chi connectivity index (χ3n) is 7.10. The molecule has 3 aromatic rings. The summed E-state index contributed by atoms with van der Waals surface area (Å²) in [5, 5.41) is 12.0. The average molecular weight is 569 g/mol. The third-order valence-corrected chi connectivity index (χ3v) is 8.13.